The molecule has 1 N–H and O–H groups in total. The van der Waals surface area contributed by atoms with Gasteiger partial charge in [-0.1, -0.05) is 26.8 Å². The molecular weight excluding hydrogens is 202 g/mol. The normalized spacial score (nSPS) is 30.5. The predicted octanol–water partition coefficient (Wildman–Crippen LogP) is 3.41. The zero-order valence-corrected chi connectivity index (χ0v) is 10.7. The SMILES string of the molecule is CC(C)NCC1(c2cccs2)CCC1C. The van der Waals surface area contributed by atoms with Crippen LogP contribution in [-0.2, 0) is 5.41 Å². The molecule has 0 spiro atoms. The largest absolute Gasteiger partial charge is 0.314 e. The van der Waals surface area contributed by atoms with Crippen molar-refractivity contribution in [1.29, 1.82) is 0 Å². The third kappa shape index (κ3) is 1.98. The fourth-order valence-electron chi connectivity index (χ4n) is 2.45. The van der Waals surface area contributed by atoms with Gasteiger partial charge in [-0.25, -0.2) is 0 Å². The van der Waals surface area contributed by atoms with E-state index in [0.717, 1.165) is 12.5 Å². The summed E-state index contributed by atoms with van der Waals surface area (Å²) in [6.45, 7) is 7.99. The van der Waals surface area contributed by atoms with Gasteiger partial charge in [0.15, 0.2) is 0 Å². The maximum atomic E-state index is 3.61. The lowest BCUT2D eigenvalue weighted by Crippen LogP contribution is -2.50. The molecule has 1 aliphatic rings. The molecule has 0 aliphatic heterocycles. The maximum absolute atomic E-state index is 3.61. The number of rotatable bonds is 4. The number of hydrogen-bond donors (Lipinski definition) is 1. The van der Waals surface area contributed by atoms with E-state index < -0.39 is 0 Å². The lowest BCUT2D eigenvalue weighted by molar-refractivity contribution is 0.135. The van der Waals surface area contributed by atoms with Crippen molar-refractivity contribution in [3.63, 3.8) is 0 Å². The summed E-state index contributed by atoms with van der Waals surface area (Å²) in [4.78, 5) is 1.58. The lowest BCUT2D eigenvalue weighted by Gasteiger charge is -2.48. The van der Waals surface area contributed by atoms with Crippen LogP contribution < -0.4 is 5.32 Å². The maximum Gasteiger partial charge on any atom is 0.0197 e. The molecule has 0 radical (unpaired) electrons. The van der Waals surface area contributed by atoms with Crippen LogP contribution in [0.5, 0.6) is 0 Å². The van der Waals surface area contributed by atoms with E-state index in [4.69, 9.17) is 0 Å². The van der Waals surface area contributed by atoms with E-state index in [1.165, 1.54) is 12.8 Å². The highest BCUT2D eigenvalue weighted by molar-refractivity contribution is 7.10. The van der Waals surface area contributed by atoms with E-state index >= 15 is 0 Å². The first-order valence-corrected chi connectivity index (χ1v) is 6.80. The van der Waals surface area contributed by atoms with Crippen molar-refractivity contribution in [2.24, 2.45) is 5.92 Å². The van der Waals surface area contributed by atoms with Crippen molar-refractivity contribution in [3.05, 3.63) is 22.4 Å². The van der Waals surface area contributed by atoms with Crippen molar-refractivity contribution in [1.82, 2.24) is 5.32 Å². The van der Waals surface area contributed by atoms with Crippen LogP contribution in [0.4, 0.5) is 0 Å². The summed E-state index contributed by atoms with van der Waals surface area (Å²) in [5.41, 5.74) is 0.443. The minimum atomic E-state index is 0.443. The predicted molar refractivity (Wildman–Crippen MR) is 67.5 cm³/mol. The highest BCUT2D eigenvalue weighted by Gasteiger charge is 2.45. The Morgan fingerprint density at radius 3 is 2.80 bits per heavy atom. The fourth-order valence-corrected chi connectivity index (χ4v) is 3.52. The van der Waals surface area contributed by atoms with Gasteiger partial charge in [0.1, 0.15) is 0 Å². The minimum absolute atomic E-state index is 0.443. The van der Waals surface area contributed by atoms with E-state index in [1.54, 1.807) is 4.88 Å². The second kappa shape index (κ2) is 4.26. The van der Waals surface area contributed by atoms with Crippen molar-refractivity contribution < 1.29 is 0 Å². The van der Waals surface area contributed by atoms with Gasteiger partial charge in [-0.2, -0.15) is 0 Å². The molecule has 0 amide bonds. The van der Waals surface area contributed by atoms with Crippen molar-refractivity contribution in [3.8, 4) is 0 Å². The highest BCUT2D eigenvalue weighted by atomic mass is 32.1. The lowest BCUT2D eigenvalue weighted by atomic mass is 9.60. The molecule has 1 fully saturated rings. The summed E-state index contributed by atoms with van der Waals surface area (Å²) >= 11 is 1.92. The molecule has 1 aliphatic carbocycles. The van der Waals surface area contributed by atoms with Gasteiger partial charge in [0.25, 0.3) is 0 Å². The van der Waals surface area contributed by atoms with Crippen molar-refractivity contribution in [2.75, 3.05) is 6.54 Å². The molecule has 1 nitrogen and oxygen atoms in total. The molecule has 15 heavy (non-hydrogen) atoms. The topological polar surface area (TPSA) is 12.0 Å². The molecule has 0 bridgehead atoms. The molecule has 2 unspecified atom stereocenters. The van der Waals surface area contributed by atoms with Gasteiger partial charge < -0.3 is 5.32 Å². The fraction of sp³-hybridized carbons (Fsp3) is 0.692. The monoisotopic (exact) mass is 223 g/mol. The minimum Gasteiger partial charge on any atom is -0.314 e. The third-order valence-corrected chi connectivity index (χ3v) is 4.89. The van der Waals surface area contributed by atoms with Gasteiger partial charge in [0.2, 0.25) is 0 Å². The average molecular weight is 223 g/mol. The smallest absolute Gasteiger partial charge is 0.0197 e. The Morgan fingerprint density at radius 1 is 1.60 bits per heavy atom. The van der Waals surface area contributed by atoms with E-state index in [1.807, 2.05) is 11.3 Å². The Hall–Kier alpha value is -0.340. The molecular formula is C13H21NS. The molecule has 2 rings (SSSR count). The summed E-state index contributed by atoms with van der Waals surface area (Å²) in [7, 11) is 0. The first-order chi connectivity index (χ1) is 7.15. The number of hydrogen-bond acceptors (Lipinski definition) is 2. The van der Waals surface area contributed by atoms with Gasteiger partial charge in [0.05, 0.1) is 0 Å². The summed E-state index contributed by atoms with van der Waals surface area (Å²) in [6, 6.07) is 5.08. The Kier molecular flexibility index (Phi) is 3.17. The first kappa shape index (κ1) is 11.2. The van der Waals surface area contributed by atoms with Crippen LogP contribution in [0.3, 0.4) is 0 Å². The summed E-state index contributed by atoms with van der Waals surface area (Å²) in [6.07, 6.45) is 2.74. The molecule has 0 saturated heterocycles. The van der Waals surface area contributed by atoms with Gasteiger partial charge in [-0.05, 0) is 30.2 Å². The van der Waals surface area contributed by atoms with Crippen LogP contribution in [-0.4, -0.2) is 12.6 Å². The van der Waals surface area contributed by atoms with Crippen LogP contribution in [0, 0.1) is 5.92 Å². The van der Waals surface area contributed by atoms with Gasteiger partial charge >= 0.3 is 0 Å². The van der Waals surface area contributed by atoms with Crippen molar-refractivity contribution >= 4 is 11.3 Å². The Balaban J connectivity index is 2.12. The van der Waals surface area contributed by atoms with E-state index in [0.29, 0.717) is 11.5 Å². The van der Waals surface area contributed by atoms with Crippen LogP contribution in [0.1, 0.15) is 38.5 Å². The summed E-state index contributed by atoms with van der Waals surface area (Å²) in [5.74, 6) is 0.836. The van der Waals surface area contributed by atoms with Crippen LogP contribution >= 0.6 is 11.3 Å². The molecule has 1 aromatic rings. The Labute approximate surface area is 96.9 Å². The van der Waals surface area contributed by atoms with E-state index in [-0.39, 0.29) is 0 Å². The van der Waals surface area contributed by atoms with Gasteiger partial charge in [-0.15, -0.1) is 11.3 Å². The molecule has 1 saturated carbocycles. The van der Waals surface area contributed by atoms with Gasteiger partial charge in [-0.3, -0.25) is 0 Å². The van der Waals surface area contributed by atoms with Crippen LogP contribution in [0.2, 0.25) is 0 Å². The van der Waals surface area contributed by atoms with Gasteiger partial charge in [0, 0.05) is 22.9 Å². The molecule has 1 heterocycles. The first-order valence-electron chi connectivity index (χ1n) is 5.92. The summed E-state index contributed by atoms with van der Waals surface area (Å²) < 4.78 is 0. The number of nitrogens with one attached hydrogen (secondary N) is 1. The second-order valence-corrected chi connectivity index (χ2v) is 6.06. The zero-order chi connectivity index (χ0) is 10.9. The Morgan fingerprint density at radius 2 is 2.40 bits per heavy atom. The highest BCUT2D eigenvalue weighted by Crippen LogP contribution is 2.49. The zero-order valence-electron chi connectivity index (χ0n) is 9.92. The second-order valence-electron chi connectivity index (χ2n) is 5.11. The molecule has 2 atom stereocenters. The van der Waals surface area contributed by atoms with E-state index in [9.17, 15) is 0 Å². The van der Waals surface area contributed by atoms with E-state index in [2.05, 4.69) is 43.6 Å². The van der Waals surface area contributed by atoms with Crippen molar-refractivity contribution in [2.45, 2.75) is 45.1 Å². The number of thiophene rings is 1. The Bertz CT molecular complexity index is 304. The standard InChI is InChI=1S/C13H21NS/c1-10(2)14-9-13(7-6-11(13)3)12-5-4-8-15-12/h4-5,8,10-11,14H,6-7,9H2,1-3H3. The van der Waals surface area contributed by atoms with Crippen LogP contribution in [0.25, 0.3) is 0 Å². The third-order valence-electron chi connectivity index (χ3n) is 3.80. The molecule has 2 heteroatoms. The molecule has 1 aromatic heterocycles. The quantitative estimate of drug-likeness (QED) is 0.825. The summed E-state index contributed by atoms with van der Waals surface area (Å²) in [5, 5.41) is 5.82. The van der Waals surface area contributed by atoms with Crippen LogP contribution in [0.15, 0.2) is 17.5 Å². The molecule has 0 aromatic carbocycles. The average Bonchev–Trinajstić information content (AvgIpc) is 2.69. The molecule has 84 valence electrons.